The van der Waals surface area contributed by atoms with E-state index in [-0.39, 0.29) is 44.7 Å². The Kier molecular flexibility index (Phi) is 17.7. The molecule has 12 nitrogen and oxygen atoms in total. The van der Waals surface area contributed by atoms with Crippen LogP contribution in [0.5, 0.6) is 0 Å². The molecule has 212 valence electrons. The van der Waals surface area contributed by atoms with Crippen molar-refractivity contribution in [2.24, 2.45) is 0 Å². The van der Waals surface area contributed by atoms with Gasteiger partial charge in [0.2, 0.25) is 6.29 Å². The van der Waals surface area contributed by atoms with Crippen molar-refractivity contribution in [3.63, 3.8) is 0 Å². The molecule has 0 fully saturated rings. The molecular weight excluding hydrogens is 480 g/mol. The summed E-state index contributed by atoms with van der Waals surface area (Å²) in [6.45, 7) is 15.4. The maximum Gasteiger partial charge on any atom is 0.510 e. The lowest BCUT2D eigenvalue weighted by Gasteiger charge is -2.25. The molecule has 0 saturated carbocycles. The van der Waals surface area contributed by atoms with Crippen molar-refractivity contribution in [1.82, 2.24) is 0 Å². The second kappa shape index (κ2) is 18.9. The molecule has 0 radical (unpaired) electrons. The first-order valence-electron chi connectivity index (χ1n) is 12.2. The number of hydrogen-bond acceptors (Lipinski definition) is 12. The van der Waals surface area contributed by atoms with Crippen LogP contribution in [0.25, 0.3) is 0 Å². The minimum atomic E-state index is -0.911. The Morgan fingerprint density at radius 3 is 1.61 bits per heavy atom. The van der Waals surface area contributed by atoms with Crippen molar-refractivity contribution in [2.45, 2.75) is 112 Å². The zero-order chi connectivity index (χ0) is 27.7. The highest BCUT2D eigenvalue weighted by atomic mass is 16.8. The molecule has 0 aromatic carbocycles. The maximum absolute atomic E-state index is 11.7. The van der Waals surface area contributed by atoms with Gasteiger partial charge in [-0.2, -0.15) is 0 Å². The lowest BCUT2D eigenvalue weighted by molar-refractivity contribution is -0.163. The summed E-state index contributed by atoms with van der Waals surface area (Å²) in [6.07, 6.45) is -5.18. The third-order valence-corrected chi connectivity index (χ3v) is 4.18. The van der Waals surface area contributed by atoms with Gasteiger partial charge in [0.25, 0.3) is 0 Å². The highest BCUT2D eigenvalue weighted by molar-refractivity contribution is 5.60. The van der Waals surface area contributed by atoms with E-state index in [1.165, 1.54) is 6.92 Å². The molecule has 5 atom stereocenters. The Morgan fingerprint density at radius 1 is 0.556 bits per heavy atom. The maximum atomic E-state index is 11.7. The third-order valence-electron chi connectivity index (χ3n) is 4.18. The number of carbonyl (C=O) groups is 3. The molecule has 0 rings (SSSR count). The molecule has 12 heteroatoms. The highest BCUT2D eigenvalue weighted by Gasteiger charge is 2.21. The fraction of sp³-hybridized carbons (Fsp3) is 0.875. The van der Waals surface area contributed by atoms with E-state index in [1.54, 1.807) is 48.5 Å². The molecule has 0 heterocycles. The van der Waals surface area contributed by atoms with Gasteiger partial charge in [-0.3, -0.25) is 0 Å². The first-order chi connectivity index (χ1) is 16.8. The van der Waals surface area contributed by atoms with Crippen LogP contribution in [-0.2, 0) is 42.6 Å². The summed E-state index contributed by atoms with van der Waals surface area (Å²) >= 11 is 0. The normalized spacial score (nSPS) is 15.4. The monoisotopic (exact) mass is 524 g/mol. The summed E-state index contributed by atoms with van der Waals surface area (Å²) in [6, 6.07) is 0. The van der Waals surface area contributed by atoms with Gasteiger partial charge >= 0.3 is 18.5 Å². The molecule has 0 aliphatic carbocycles. The zero-order valence-electron chi connectivity index (χ0n) is 23.0. The van der Waals surface area contributed by atoms with E-state index in [0.29, 0.717) is 6.42 Å². The minimum absolute atomic E-state index is 0.0131. The second-order valence-electron chi connectivity index (χ2n) is 8.77. The van der Waals surface area contributed by atoms with Gasteiger partial charge in [0.05, 0.1) is 37.6 Å². The highest BCUT2D eigenvalue weighted by Crippen LogP contribution is 2.08. The molecule has 0 aliphatic rings. The number of rotatable bonds is 17. The molecule has 0 aromatic heterocycles. The second-order valence-corrected chi connectivity index (χ2v) is 8.77. The van der Waals surface area contributed by atoms with Crippen molar-refractivity contribution in [1.29, 1.82) is 0 Å². The standard InChI is InChI=1S/C24H44O12/c1-10-17(6)35-23(26)31-12-19(8)34-21(14-29-20(9)36-24(27)33-16(4)5)13-28-18(7)11-30-22(25)32-15(2)3/h15-21H,10-14H2,1-9H3. The van der Waals surface area contributed by atoms with E-state index in [0.717, 1.165) is 0 Å². The van der Waals surface area contributed by atoms with E-state index in [4.69, 9.17) is 42.6 Å². The van der Waals surface area contributed by atoms with Crippen LogP contribution in [0, 0.1) is 0 Å². The minimum Gasteiger partial charge on any atom is -0.432 e. The first kappa shape index (κ1) is 33.7. The fourth-order valence-electron chi connectivity index (χ4n) is 2.33. The van der Waals surface area contributed by atoms with E-state index in [1.807, 2.05) is 6.92 Å². The van der Waals surface area contributed by atoms with Crippen molar-refractivity contribution < 1.29 is 57.0 Å². The van der Waals surface area contributed by atoms with E-state index >= 15 is 0 Å². The Labute approximate surface area is 214 Å². The van der Waals surface area contributed by atoms with Crippen molar-refractivity contribution in [3.8, 4) is 0 Å². The Balaban J connectivity index is 4.78. The van der Waals surface area contributed by atoms with Crippen LogP contribution in [0.2, 0.25) is 0 Å². The van der Waals surface area contributed by atoms with Crippen molar-refractivity contribution in [3.05, 3.63) is 0 Å². The molecule has 0 aliphatic heterocycles. The van der Waals surface area contributed by atoms with Crippen LogP contribution in [0.15, 0.2) is 0 Å². The van der Waals surface area contributed by atoms with Crippen LogP contribution in [-0.4, -0.2) is 87.8 Å². The summed E-state index contributed by atoms with van der Waals surface area (Å²) in [7, 11) is 0. The molecule has 0 spiro atoms. The zero-order valence-corrected chi connectivity index (χ0v) is 23.0. The molecule has 0 aromatic rings. The van der Waals surface area contributed by atoms with Gasteiger partial charge in [-0.15, -0.1) is 0 Å². The molecule has 5 unspecified atom stereocenters. The van der Waals surface area contributed by atoms with Gasteiger partial charge in [0, 0.05) is 0 Å². The lowest BCUT2D eigenvalue weighted by Crippen LogP contribution is -2.35. The summed E-state index contributed by atoms with van der Waals surface area (Å²) < 4.78 is 47.2. The van der Waals surface area contributed by atoms with E-state index in [9.17, 15) is 14.4 Å². The molecule has 36 heavy (non-hydrogen) atoms. The van der Waals surface area contributed by atoms with E-state index in [2.05, 4.69) is 0 Å². The number of carbonyl (C=O) groups excluding carboxylic acids is 3. The van der Waals surface area contributed by atoms with Gasteiger partial charge in [0.15, 0.2) is 0 Å². The lowest BCUT2D eigenvalue weighted by atomic mass is 10.3. The molecular formula is C24H44O12. The first-order valence-corrected chi connectivity index (χ1v) is 12.2. The number of ether oxygens (including phenoxy) is 9. The average Bonchev–Trinajstić information content (AvgIpc) is 2.76. The Morgan fingerprint density at radius 2 is 1.06 bits per heavy atom. The molecule has 0 amide bonds. The van der Waals surface area contributed by atoms with Crippen molar-refractivity contribution >= 4 is 18.5 Å². The van der Waals surface area contributed by atoms with E-state index < -0.39 is 43.1 Å². The van der Waals surface area contributed by atoms with Gasteiger partial charge in [-0.05, 0) is 61.8 Å². The fourth-order valence-corrected chi connectivity index (χ4v) is 2.33. The van der Waals surface area contributed by atoms with Crippen molar-refractivity contribution in [2.75, 3.05) is 26.4 Å². The topological polar surface area (TPSA) is 134 Å². The van der Waals surface area contributed by atoms with Crippen LogP contribution < -0.4 is 0 Å². The molecule has 0 saturated heterocycles. The smallest absolute Gasteiger partial charge is 0.432 e. The SMILES string of the molecule is CCC(C)OC(=O)OCC(C)OC(COC(C)COC(=O)OC(C)C)COC(C)OC(=O)OC(C)C. The Hall–Kier alpha value is -2.31. The largest absolute Gasteiger partial charge is 0.510 e. The van der Waals surface area contributed by atoms with Gasteiger partial charge in [-0.25, -0.2) is 14.4 Å². The quantitative estimate of drug-likeness (QED) is 0.149. The summed E-state index contributed by atoms with van der Waals surface area (Å²) in [4.78, 5) is 34.9. The predicted octanol–water partition coefficient (Wildman–Crippen LogP) is 4.60. The van der Waals surface area contributed by atoms with Crippen LogP contribution in [0.3, 0.4) is 0 Å². The Bertz CT molecular complexity index is 624. The van der Waals surface area contributed by atoms with Gasteiger partial charge < -0.3 is 42.6 Å². The van der Waals surface area contributed by atoms with Crippen LogP contribution >= 0.6 is 0 Å². The third kappa shape index (κ3) is 18.9. The average molecular weight is 525 g/mol. The molecule has 0 N–H and O–H groups in total. The van der Waals surface area contributed by atoms with Crippen LogP contribution in [0.4, 0.5) is 14.4 Å². The molecule has 0 bridgehead atoms. The summed E-state index contributed by atoms with van der Waals surface area (Å²) in [5.41, 5.74) is 0. The summed E-state index contributed by atoms with van der Waals surface area (Å²) in [5.74, 6) is 0. The summed E-state index contributed by atoms with van der Waals surface area (Å²) in [5, 5.41) is 0. The van der Waals surface area contributed by atoms with Gasteiger partial charge in [0.1, 0.15) is 25.4 Å². The predicted molar refractivity (Wildman–Crippen MR) is 128 cm³/mol. The van der Waals surface area contributed by atoms with Gasteiger partial charge in [-0.1, -0.05) is 6.92 Å². The van der Waals surface area contributed by atoms with Crippen LogP contribution in [0.1, 0.15) is 68.7 Å². The number of hydrogen-bond donors (Lipinski definition) is 0.